The van der Waals surface area contributed by atoms with E-state index in [9.17, 15) is 4.79 Å². The number of piperidine rings is 1. The van der Waals surface area contributed by atoms with Gasteiger partial charge in [0.05, 0.1) is 0 Å². The van der Waals surface area contributed by atoms with Crippen molar-refractivity contribution in [2.75, 3.05) is 13.1 Å². The molecule has 1 saturated heterocycles. The first-order valence-electron chi connectivity index (χ1n) is 11.0. The van der Waals surface area contributed by atoms with Gasteiger partial charge in [-0.1, -0.05) is 72.8 Å². The van der Waals surface area contributed by atoms with Gasteiger partial charge in [-0.3, -0.25) is 4.79 Å². The Bertz CT molecular complexity index is 990. The molecule has 3 nitrogen and oxygen atoms in total. The minimum absolute atomic E-state index is 0.0915. The summed E-state index contributed by atoms with van der Waals surface area (Å²) >= 11 is 0. The molecule has 0 saturated carbocycles. The molecule has 1 amide bonds. The van der Waals surface area contributed by atoms with E-state index in [0.717, 1.165) is 49.2 Å². The van der Waals surface area contributed by atoms with Crippen molar-refractivity contribution >= 4 is 12.0 Å². The van der Waals surface area contributed by atoms with Crippen LogP contribution in [0.25, 0.3) is 6.08 Å². The van der Waals surface area contributed by atoms with E-state index in [1.165, 1.54) is 5.56 Å². The Balaban J connectivity index is 1.26. The Morgan fingerprint density at radius 2 is 1.55 bits per heavy atom. The zero-order valence-corrected chi connectivity index (χ0v) is 17.8. The molecule has 31 heavy (non-hydrogen) atoms. The second kappa shape index (κ2) is 10.6. The normalized spacial score (nSPS) is 14.6. The largest absolute Gasteiger partial charge is 0.489 e. The first-order valence-corrected chi connectivity index (χ1v) is 11.0. The van der Waals surface area contributed by atoms with Gasteiger partial charge >= 0.3 is 0 Å². The Morgan fingerprint density at radius 3 is 2.26 bits per heavy atom. The molecule has 0 atom stereocenters. The van der Waals surface area contributed by atoms with Gasteiger partial charge in [-0.15, -0.1) is 0 Å². The van der Waals surface area contributed by atoms with Gasteiger partial charge in [0.15, 0.2) is 0 Å². The van der Waals surface area contributed by atoms with E-state index in [0.29, 0.717) is 12.5 Å². The minimum Gasteiger partial charge on any atom is -0.489 e. The van der Waals surface area contributed by atoms with Crippen LogP contribution in [0.2, 0.25) is 0 Å². The number of ether oxygens (including phenoxy) is 1. The summed E-state index contributed by atoms with van der Waals surface area (Å²) in [7, 11) is 0. The number of hydrogen-bond acceptors (Lipinski definition) is 2. The van der Waals surface area contributed by atoms with Crippen molar-refractivity contribution in [1.29, 1.82) is 0 Å². The monoisotopic (exact) mass is 411 g/mol. The van der Waals surface area contributed by atoms with E-state index in [4.69, 9.17) is 4.74 Å². The molecule has 4 rings (SSSR count). The Hall–Kier alpha value is -3.33. The molecule has 3 heteroatoms. The molecular weight excluding hydrogens is 382 g/mol. The molecule has 0 aliphatic carbocycles. The van der Waals surface area contributed by atoms with Crippen LogP contribution in [-0.2, 0) is 17.8 Å². The molecule has 3 aromatic carbocycles. The van der Waals surface area contributed by atoms with Crippen LogP contribution in [0.4, 0.5) is 0 Å². The number of carbonyl (C=O) groups is 1. The summed E-state index contributed by atoms with van der Waals surface area (Å²) in [6, 6.07) is 28.6. The highest BCUT2D eigenvalue weighted by Crippen LogP contribution is 2.22. The van der Waals surface area contributed by atoms with Gasteiger partial charge in [-0.25, -0.2) is 0 Å². The van der Waals surface area contributed by atoms with Gasteiger partial charge in [0.1, 0.15) is 12.4 Å². The highest BCUT2D eigenvalue weighted by molar-refractivity contribution is 5.91. The number of rotatable bonds is 7. The lowest BCUT2D eigenvalue weighted by molar-refractivity contribution is -0.127. The molecule has 0 aromatic heterocycles. The van der Waals surface area contributed by atoms with Crippen LogP contribution in [0.15, 0.2) is 91.0 Å². The summed E-state index contributed by atoms with van der Waals surface area (Å²) in [5.41, 5.74) is 3.49. The number of carbonyl (C=O) groups excluding carboxylic acids is 1. The van der Waals surface area contributed by atoms with Gasteiger partial charge in [-0.2, -0.15) is 0 Å². The lowest BCUT2D eigenvalue weighted by Gasteiger charge is -2.31. The highest BCUT2D eigenvalue weighted by atomic mass is 16.5. The van der Waals surface area contributed by atoms with Crippen molar-refractivity contribution in [2.45, 2.75) is 25.9 Å². The summed E-state index contributed by atoms with van der Waals surface area (Å²) in [6.45, 7) is 2.20. The smallest absolute Gasteiger partial charge is 0.246 e. The number of amides is 1. The summed E-state index contributed by atoms with van der Waals surface area (Å²) in [5, 5.41) is 0. The lowest BCUT2D eigenvalue weighted by Crippen LogP contribution is -2.37. The standard InChI is InChI=1S/C28H29NO2/c30-28(29-18-16-25(17-19-29)20-23-8-3-1-4-9-23)15-14-24-12-7-13-27(21-24)31-22-26-10-5-2-6-11-26/h1-15,21,25H,16-20,22H2/b15-14+. The van der Waals surface area contributed by atoms with Gasteiger partial charge in [0.2, 0.25) is 5.91 Å². The fourth-order valence-electron chi connectivity index (χ4n) is 4.03. The predicted molar refractivity (Wildman–Crippen MR) is 126 cm³/mol. The number of likely N-dealkylation sites (tertiary alicyclic amines) is 1. The maximum Gasteiger partial charge on any atom is 0.246 e. The zero-order chi connectivity index (χ0) is 21.3. The second-order valence-corrected chi connectivity index (χ2v) is 8.14. The molecule has 158 valence electrons. The highest BCUT2D eigenvalue weighted by Gasteiger charge is 2.21. The van der Waals surface area contributed by atoms with E-state index < -0.39 is 0 Å². The van der Waals surface area contributed by atoms with Crippen molar-refractivity contribution in [1.82, 2.24) is 4.90 Å². The first kappa shape index (κ1) is 20.9. The molecular formula is C28H29NO2. The molecule has 1 fully saturated rings. The van der Waals surface area contributed by atoms with Crippen LogP contribution in [0.5, 0.6) is 5.75 Å². The van der Waals surface area contributed by atoms with Gasteiger partial charge in [0.25, 0.3) is 0 Å². The van der Waals surface area contributed by atoms with Crippen molar-refractivity contribution in [3.05, 3.63) is 108 Å². The summed E-state index contributed by atoms with van der Waals surface area (Å²) < 4.78 is 5.89. The van der Waals surface area contributed by atoms with Crippen LogP contribution >= 0.6 is 0 Å². The van der Waals surface area contributed by atoms with Crippen LogP contribution in [0, 0.1) is 5.92 Å². The molecule has 0 bridgehead atoms. The Labute approximate surface area is 185 Å². The molecule has 1 heterocycles. The van der Waals surface area contributed by atoms with E-state index in [2.05, 4.69) is 30.3 Å². The van der Waals surface area contributed by atoms with Crippen molar-refractivity contribution in [2.24, 2.45) is 5.92 Å². The number of nitrogens with zero attached hydrogens (tertiary/aromatic N) is 1. The van der Waals surface area contributed by atoms with Gasteiger partial charge in [-0.05, 0) is 60.1 Å². The van der Waals surface area contributed by atoms with Crippen LogP contribution in [0.3, 0.4) is 0 Å². The average molecular weight is 412 g/mol. The second-order valence-electron chi connectivity index (χ2n) is 8.14. The Morgan fingerprint density at radius 1 is 0.871 bits per heavy atom. The third kappa shape index (κ3) is 6.32. The lowest BCUT2D eigenvalue weighted by atomic mass is 9.90. The molecule has 1 aliphatic rings. The Kier molecular flexibility index (Phi) is 7.17. The molecule has 0 N–H and O–H groups in total. The first-order chi connectivity index (χ1) is 15.3. The molecule has 3 aromatic rings. The average Bonchev–Trinajstić information content (AvgIpc) is 2.83. The van der Waals surface area contributed by atoms with Gasteiger partial charge in [0, 0.05) is 19.2 Å². The van der Waals surface area contributed by atoms with E-state index in [-0.39, 0.29) is 5.91 Å². The molecule has 0 radical (unpaired) electrons. The third-order valence-electron chi connectivity index (χ3n) is 5.82. The van der Waals surface area contributed by atoms with Crippen molar-refractivity contribution in [3.63, 3.8) is 0 Å². The van der Waals surface area contributed by atoms with Crippen LogP contribution in [-0.4, -0.2) is 23.9 Å². The third-order valence-corrected chi connectivity index (χ3v) is 5.82. The molecule has 0 unspecified atom stereocenters. The fraction of sp³-hybridized carbons (Fsp3) is 0.250. The van der Waals surface area contributed by atoms with Crippen molar-refractivity contribution in [3.8, 4) is 5.75 Å². The molecule has 0 spiro atoms. The van der Waals surface area contributed by atoms with Crippen LogP contribution in [0.1, 0.15) is 29.5 Å². The van der Waals surface area contributed by atoms with E-state index in [1.807, 2.05) is 65.6 Å². The number of benzene rings is 3. The van der Waals surface area contributed by atoms with E-state index in [1.54, 1.807) is 6.08 Å². The maximum atomic E-state index is 12.6. The predicted octanol–water partition coefficient (Wildman–Crippen LogP) is 5.76. The SMILES string of the molecule is O=C(/C=C/c1cccc(OCc2ccccc2)c1)N1CCC(Cc2ccccc2)CC1. The quantitative estimate of drug-likeness (QED) is 0.463. The minimum atomic E-state index is 0.0915. The number of hydrogen-bond donors (Lipinski definition) is 0. The summed E-state index contributed by atoms with van der Waals surface area (Å²) in [5.74, 6) is 1.56. The summed E-state index contributed by atoms with van der Waals surface area (Å²) in [4.78, 5) is 14.6. The molecule has 1 aliphatic heterocycles. The van der Waals surface area contributed by atoms with Crippen molar-refractivity contribution < 1.29 is 9.53 Å². The van der Waals surface area contributed by atoms with Gasteiger partial charge < -0.3 is 9.64 Å². The van der Waals surface area contributed by atoms with E-state index >= 15 is 0 Å². The topological polar surface area (TPSA) is 29.5 Å². The zero-order valence-electron chi connectivity index (χ0n) is 17.8. The maximum absolute atomic E-state index is 12.6. The fourth-order valence-corrected chi connectivity index (χ4v) is 4.03. The summed E-state index contributed by atoms with van der Waals surface area (Å²) in [6.07, 6.45) is 6.81. The van der Waals surface area contributed by atoms with Crippen LogP contribution < -0.4 is 4.74 Å².